The fourth-order valence-corrected chi connectivity index (χ4v) is 3.41. The summed E-state index contributed by atoms with van der Waals surface area (Å²) >= 11 is 0. The van der Waals surface area contributed by atoms with Crippen molar-refractivity contribution in [1.29, 1.82) is 5.26 Å². The Morgan fingerprint density at radius 2 is 1.85 bits per heavy atom. The Morgan fingerprint density at radius 1 is 1.20 bits per heavy atom. The van der Waals surface area contributed by atoms with Crippen molar-refractivity contribution in [2.24, 2.45) is 5.92 Å². The molecule has 1 atom stereocenters. The van der Waals surface area contributed by atoms with Gasteiger partial charge in [-0.25, -0.2) is 0 Å². The van der Waals surface area contributed by atoms with Gasteiger partial charge < -0.3 is 4.90 Å². The molecule has 3 nitrogen and oxygen atoms in total. The van der Waals surface area contributed by atoms with Crippen molar-refractivity contribution in [2.45, 2.75) is 82.8 Å². The molecule has 0 bridgehead atoms. The molecular formula is C17H31N3. The maximum Gasteiger partial charge on any atom is 0.105 e. The number of nitrogens with zero attached hydrogens (tertiary/aromatic N) is 2. The van der Waals surface area contributed by atoms with Gasteiger partial charge in [0.15, 0.2) is 0 Å². The molecule has 2 rings (SSSR count). The van der Waals surface area contributed by atoms with Gasteiger partial charge in [0.1, 0.15) is 5.54 Å². The summed E-state index contributed by atoms with van der Waals surface area (Å²) < 4.78 is 0. The first-order chi connectivity index (χ1) is 9.56. The highest BCUT2D eigenvalue weighted by molar-refractivity contribution is 5.07. The molecule has 1 N–H and O–H groups in total. The van der Waals surface area contributed by atoms with Gasteiger partial charge in [-0.1, -0.05) is 13.3 Å². The zero-order chi connectivity index (χ0) is 14.6. The van der Waals surface area contributed by atoms with Crippen molar-refractivity contribution >= 4 is 0 Å². The molecule has 0 amide bonds. The topological polar surface area (TPSA) is 39.1 Å². The van der Waals surface area contributed by atoms with E-state index in [4.69, 9.17) is 0 Å². The molecular weight excluding hydrogens is 246 g/mol. The summed E-state index contributed by atoms with van der Waals surface area (Å²) in [6, 6.07) is 3.83. The Balaban J connectivity index is 1.73. The Bertz CT molecular complexity index is 337. The van der Waals surface area contributed by atoms with Gasteiger partial charge in [0.2, 0.25) is 0 Å². The highest BCUT2D eigenvalue weighted by atomic mass is 15.1. The van der Waals surface area contributed by atoms with Gasteiger partial charge in [-0.3, -0.25) is 5.32 Å². The third-order valence-corrected chi connectivity index (χ3v) is 5.33. The van der Waals surface area contributed by atoms with Crippen molar-refractivity contribution in [2.75, 3.05) is 13.6 Å². The second-order valence-corrected chi connectivity index (χ2v) is 7.18. The number of nitrogens with one attached hydrogen (secondary N) is 1. The molecule has 0 spiro atoms. The van der Waals surface area contributed by atoms with Crippen molar-refractivity contribution in [3.8, 4) is 6.07 Å². The first-order valence-corrected chi connectivity index (χ1v) is 8.45. The van der Waals surface area contributed by atoms with E-state index in [2.05, 4.69) is 37.2 Å². The van der Waals surface area contributed by atoms with Crippen LogP contribution in [0, 0.1) is 17.2 Å². The van der Waals surface area contributed by atoms with Crippen LogP contribution in [-0.4, -0.2) is 36.1 Å². The molecule has 0 aromatic heterocycles. The SMILES string of the molecule is CCC1CCC(N(C)CCC(C)(C#N)NC2CC2)CC1. The molecule has 0 saturated heterocycles. The average molecular weight is 277 g/mol. The van der Waals surface area contributed by atoms with Crippen LogP contribution in [0.1, 0.15) is 65.2 Å². The summed E-state index contributed by atoms with van der Waals surface area (Å²) in [5.41, 5.74) is -0.337. The quantitative estimate of drug-likeness (QED) is 0.776. The Morgan fingerprint density at radius 3 is 2.35 bits per heavy atom. The van der Waals surface area contributed by atoms with Crippen LogP contribution in [0.4, 0.5) is 0 Å². The van der Waals surface area contributed by atoms with Gasteiger partial charge in [-0.15, -0.1) is 0 Å². The van der Waals surface area contributed by atoms with Crippen LogP contribution in [0.3, 0.4) is 0 Å². The molecule has 0 aliphatic heterocycles. The standard InChI is InChI=1S/C17H31N3/c1-4-14-5-9-16(10-6-14)20(3)12-11-17(2,13-18)19-15-7-8-15/h14-16,19H,4-12H2,1-3H3. The summed E-state index contributed by atoms with van der Waals surface area (Å²) in [7, 11) is 2.24. The third kappa shape index (κ3) is 4.46. The first-order valence-electron chi connectivity index (χ1n) is 8.45. The molecule has 2 aliphatic rings. The molecule has 0 heterocycles. The predicted molar refractivity (Wildman–Crippen MR) is 83.5 cm³/mol. The van der Waals surface area contributed by atoms with E-state index in [1.165, 1.54) is 44.9 Å². The molecule has 1 unspecified atom stereocenters. The summed E-state index contributed by atoms with van der Waals surface area (Å²) in [5, 5.41) is 12.9. The monoisotopic (exact) mass is 277 g/mol. The maximum atomic E-state index is 9.42. The van der Waals surface area contributed by atoms with E-state index in [-0.39, 0.29) is 5.54 Å². The first kappa shape index (κ1) is 15.8. The normalized spacial score (nSPS) is 29.9. The summed E-state index contributed by atoms with van der Waals surface area (Å²) in [6.07, 6.45) is 10.2. The number of hydrogen-bond donors (Lipinski definition) is 1. The zero-order valence-corrected chi connectivity index (χ0v) is 13.5. The van der Waals surface area contributed by atoms with Crippen LogP contribution in [0.25, 0.3) is 0 Å². The molecule has 114 valence electrons. The van der Waals surface area contributed by atoms with Gasteiger partial charge >= 0.3 is 0 Å². The Kier molecular flexibility index (Phi) is 5.46. The van der Waals surface area contributed by atoms with Gasteiger partial charge in [-0.05, 0) is 64.8 Å². The molecule has 3 heteroatoms. The summed E-state index contributed by atoms with van der Waals surface area (Å²) in [4.78, 5) is 2.50. The predicted octanol–water partition coefficient (Wildman–Crippen LogP) is 3.31. The van der Waals surface area contributed by atoms with E-state index in [0.29, 0.717) is 6.04 Å². The van der Waals surface area contributed by atoms with Crippen LogP contribution >= 0.6 is 0 Å². The van der Waals surface area contributed by atoms with Crippen LogP contribution in [0.5, 0.6) is 0 Å². The Hall–Kier alpha value is -0.590. The van der Waals surface area contributed by atoms with E-state index in [9.17, 15) is 5.26 Å². The minimum absolute atomic E-state index is 0.337. The number of nitriles is 1. The number of rotatable bonds is 7. The summed E-state index contributed by atoms with van der Waals surface area (Å²) in [6.45, 7) is 5.41. The smallest absolute Gasteiger partial charge is 0.105 e. The lowest BCUT2D eigenvalue weighted by molar-refractivity contribution is 0.154. The lowest BCUT2D eigenvalue weighted by atomic mass is 9.84. The minimum atomic E-state index is -0.337. The molecule has 2 saturated carbocycles. The van der Waals surface area contributed by atoms with Crippen molar-refractivity contribution < 1.29 is 0 Å². The van der Waals surface area contributed by atoms with Crippen LogP contribution in [0.15, 0.2) is 0 Å². The van der Waals surface area contributed by atoms with Crippen LogP contribution in [0.2, 0.25) is 0 Å². The van der Waals surface area contributed by atoms with Crippen molar-refractivity contribution in [3.63, 3.8) is 0 Å². The molecule has 0 aromatic rings. The largest absolute Gasteiger partial charge is 0.303 e. The summed E-state index contributed by atoms with van der Waals surface area (Å²) in [5.74, 6) is 0.959. The van der Waals surface area contributed by atoms with Crippen LogP contribution in [-0.2, 0) is 0 Å². The van der Waals surface area contributed by atoms with Crippen molar-refractivity contribution in [3.05, 3.63) is 0 Å². The molecule has 0 aromatic carbocycles. The van der Waals surface area contributed by atoms with Gasteiger partial charge in [0, 0.05) is 18.6 Å². The van der Waals surface area contributed by atoms with Crippen LogP contribution < -0.4 is 5.32 Å². The highest BCUT2D eigenvalue weighted by Gasteiger charge is 2.33. The van der Waals surface area contributed by atoms with E-state index < -0.39 is 0 Å². The minimum Gasteiger partial charge on any atom is -0.303 e. The molecule has 2 aliphatic carbocycles. The fourth-order valence-electron chi connectivity index (χ4n) is 3.41. The zero-order valence-electron chi connectivity index (χ0n) is 13.5. The Labute approximate surface area is 124 Å². The second-order valence-electron chi connectivity index (χ2n) is 7.18. The van der Waals surface area contributed by atoms with Gasteiger partial charge in [0.05, 0.1) is 6.07 Å². The lowest BCUT2D eigenvalue weighted by Gasteiger charge is -2.36. The van der Waals surface area contributed by atoms with Gasteiger partial charge in [-0.2, -0.15) is 5.26 Å². The highest BCUT2D eigenvalue weighted by Crippen LogP contribution is 2.29. The van der Waals surface area contributed by atoms with E-state index in [1.807, 2.05) is 0 Å². The number of hydrogen-bond acceptors (Lipinski definition) is 3. The molecule has 20 heavy (non-hydrogen) atoms. The third-order valence-electron chi connectivity index (χ3n) is 5.33. The maximum absolute atomic E-state index is 9.42. The van der Waals surface area contributed by atoms with E-state index >= 15 is 0 Å². The molecule has 2 fully saturated rings. The van der Waals surface area contributed by atoms with E-state index in [0.717, 1.165) is 24.9 Å². The fraction of sp³-hybridized carbons (Fsp3) is 0.941. The average Bonchev–Trinajstić information content (AvgIpc) is 3.28. The second kappa shape index (κ2) is 6.91. The molecule has 0 radical (unpaired) electrons. The van der Waals surface area contributed by atoms with E-state index in [1.54, 1.807) is 0 Å². The van der Waals surface area contributed by atoms with Gasteiger partial charge in [0.25, 0.3) is 0 Å². The van der Waals surface area contributed by atoms with Crippen molar-refractivity contribution in [1.82, 2.24) is 10.2 Å². The lowest BCUT2D eigenvalue weighted by Crippen LogP contribution is -2.46.